The Bertz CT molecular complexity index is 139. The van der Waals surface area contributed by atoms with Crippen LogP contribution in [0.3, 0.4) is 0 Å². The number of fused-ring (bicyclic) bond motifs is 1. The van der Waals surface area contributed by atoms with E-state index in [1.54, 1.807) is 6.42 Å². The molecule has 2 aliphatic carbocycles. The van der Waals surface area contributed by atoms with Crippen LogP contribution in [-0.4, -0.2) is 0 Å². The molecule has 2 fully saturated rings. The molecule has 0 N–H and O–H groups in total. The zero-order valence-electron chi connectivity index (χ0n) is 7.19. The van der Waals surface area contributed by atoms with Crippen LogP contribution in [0.2, 0.25) is 0 Å². The smallest absolute Gasteiger partial charge is 0.0260 e. The summed E-state index contributed by atoms with van der Waals surface area (Å²) < 4.78 is 0. The van der Waals surface area contributed by atoms with Crippen LogP contribution in [0.4, 0.5) is 0 Å². The molecule has 0 heterocycles. The zero-order chi connectivity index (χ0) is 7.19. The molecule has 0 radical (unpaired) electrons. The molecule has 0 nitrogen and oxygen atoms in total. The van der Waals surface area contributed by atoms with Crippen molar-refractivity contribution >= 4 is 0 Å². The fourth-order valence-corrected chi connectivity index (χ4v) is 2.46. The van der Waals surface area contributed by atoms with Crippen molar-refractivity contribution in [2.75, 3.05) is 0 Å². The molecular formula is C10H18. The Balaban J connectivity index is 1.58. The van der Waals surface area contributed by atoms with Gasteiger partial charge in [-0.3, -0.25) is 0 Å². The quantitative estimate of drug-likeness (QED) is 0.523. The van der Waals surface area contributed by atoms with Crippen LogP contribution in [0.5, 0.6) is 0 Å². The molecule has 3 unspecified atom stereocenters. The van der Waals surface area contributed by atoms with Crippen molar-refractivity contribution in [3.8, 4) is 0 Å². The highest BCUT2D eigenvalue weighted by molar-refractivity contribution is 5.22. The summed E-state index contributed by atoms with van der Waals surface area (Å²) in [6.07, 6.45) is 7.43. The Labute approximate surface area is 64.0 Å². The fraction of sp³-hybridized carbons (Fsp3) is 1.00. The summed E-state index contributed by atoms with van der Waals surface area (Å²) in [6.45, 7) is 4.75. The van der Waals surface area contributed by atoms with E-state index in [9.17, 15) is 0 Å². The number of hydrogen-bond donors (Lipinski definition) is 0. The van der Waals surface area contributed by atoms with Crippen molar-refractivity contribution in [2.24, 2.45) is 17.3 Å². The predicted molar refractivity (Wildman–Crippen MR) is 43.8 cm³/mol. The van der Waals surface area contributed by atoms with E-state index in [1.165, 1.54) is 37.5 Å². The minimum Gasteiger partial charge on any atom is -0.0654 e. The molecule has 3 atom stereocenters. The number of unbranched alkanes of at least 4 members (excludes halogenated alkanes) is 2. The van der Waals surface area contributed by atoms with Gasteiger partial charge in [0.05, 0.1) is 0 Å². The van der Waals surface area contributed by atoms with E-state index in [1.807, 2.05) is 0 Å². The lowest BCUT2D eigenvalue weighted by molar-refractivity contribution is 0.461. The Morgan fingerprint density at radius 3 is 2.50 bits per heavy atom. The van der Waals surface area contributed by atoms with E-state index >= 15 is 0 Å². The molecule has 0 heteroatoms. The highest BCUT2D eigenvalue weighted by Crippen LogP contribution is 2.80. The Morgan fingerprint density at radius 1 is 1.40 bits per heavy atom. The molecule has 0 bridgehead atoms. The molecule has 0 aromatic carbocycles. The van der Waals surface area contributed by atoms with Gasteiger partial charge in [0, 0.05) is 0 Å². The molecule has 2 saturated carbocycles. The summed E-state index contributed by atoms with van der Waals surface area (Å²) in [7, 11) is 0. The molecule has 0 spiro atoms. The normalized spacial score (nSPS) is 48.6. The van der Waals surface area contributed by atoms with E-state index in [2.05, 4.69) is 13.8 Å². The van der Waals surface area contributed by atoms with Crippen LogP contribution < -0.4 is 0 Å². The van der Waals surface area contributed by atoms with Crippen molar-refractivity contribution in [2.45, 2.75) is 46.0 Å². The van der Waals surface area contributed by atoms with Crippen LogP contribution in [0.1, 0.15) is 46.0 Å². The van der Waals surface area contributed by atoms with E-state index in [0.717, 1.165) is 5.41 Å². The first-order chi connectivity index (χ1) is 4.79. The first-order valence-corrected chi connectivity index (χ1v) is 4.79. The molecule has 0 aromatic rings. The van der Waals surface area contributed by atoms with Crippen LogP contribution in [0, 0.1) is 17.3 Å². The standard InChI is InChI=1S/C10H18/c1-3-4-5-6-8-9-7-10(8,9)2/h8-9H,3-7H2,1-2H3. The Morgan fingerprint density at radius 2 is 2.10 bits per heavy atom. The summed E-state index contributed by atoms with van der Waals surface area (Å²) in [5.41, 5.74) is 0.883. The maximum absolute atomic E-state index is 2.47. The zero-order valence-corrected chi connectivity index (χ0v) is 7.19. The van der Waals surface area contributed by atoms with Gasteiger partial charge in [-0.05, 0) is 30.1 Å². The number of rotatable bonds is 4. The first-order valence-electron chi connectivity index (χ1n) is 4.79. The summed E-state index contributed by atoms with van der Waals surface area (Å²) >= 11 is 0. The van der Waals surface area contributed by atoms with Crippen LogP contribution >= 0.6 is 0 Å². The highest BCUT2D eigenvalue weighted by Gasteiger charge is 2.74. The van der Waals surface area contributed by atoms with E-state index in [4.69, 9.17) is 0 Å². The molecule has 2 rings (SSSR count). The minimum absolute atomic E-state index is 0.883. The van der Waals surface area contributed by atoms with Gasteiger partial charge >= 0.3 is 0 Å². The van der Waals surface area contributed by atoms with Gasteiger partial charge in [-0.2, -0.15) is 0 Å². The fourth-order valence-electron chi connectivity index (χ4n) is 2.46. The topological polar surface area (TPSA) is 0 Å². The van der Waals surface area contributed by atoms with Gasteiger partial charge in [-0.15, -0.1) is 0 Å². The minimum atomic E-state index is 0.883. The lowest BCUT2D eigenvalue weighted by Crippen LogP contribution is -1.94. The maximum Gasteiger partial charge on any atom is -0.0260 e. The molecule has 0 aromatic heterocycles. The maximum atomic E-state index is 2.47. The lowest BCUT2D eigenvalue weighted by Gasteiger charge is -2.05. The monoisotopic (exact) mass is 138 g/mol. The summed E-state index contributed by atoms with van der Waals surface area (Å²) in [5, 5.41) is 0. The SMILES string of the molecule is CCCCCC1C2CC12C. The van der Waals surface area contributed by atoms with Gasteiger partial charge in [-0.25, -0.2) is 0 Å². The van der Waals surface area contributed by atoms with Crippen LogP contribution in [-0.2, 0) is 0 Å². The molecule has 0 amide bonds. The third-order valence-corrected chi connectivity index (χ3v) is 3.69. The second-order valence-corrected chi connectivity index (χ2v) is 4.42. The summed E-state index contributed by atoms with van der Waals surface area (Å²) in [4.78, 5) is 0. The van der Waals surface area contributed by atoms with E-state index < -0.39 is 0 Å². The van der Waals surface area contributed by atoms with Crippen molar-refractivity contribution < 1.29 is 0 Å². The van der Waals surface area contributed by atoms with Crippen LogP contribution in [0.25, 0.3) is 0 Å². The van der Waals surface area contributed by atoms with Gasteiger partial charge in [0.25, 0.3) is 0 Å². The summed E-state index contributed by atoms with van der Waals surface area (Å²) in [6, 6.07) is 0. The van der Waals surface area contributed by atoms with Crippen molar-refractivity contribution in [1.29, 1.82) is 0 Å². The highest BCUT2D eigenvalue weighted by atomic mass is 14.8. The second kappa shape index (κ2) is 1.99. The average Bonchev–Trinajstić information content (AvgIpc) is 2.69. The van der Waals surface area contributed by atoms with Crippen molar-refractivity contribution in [1.82, 2.24) is 0 Å². The van der Waals surface area contributed by atoms with Gasteiger partial charge in [0.1, 0.15) is 0 Å². The number of hydrogen-bond acceptors (Lipinski definition) is 0. The largest absolute Gasteiger partial charge is 0.0654 e. The third-order valence-electron chi connectivity index (χ3n) is 3.69. The van der Waals surface area contributed by atoms with Crippen LogP contribution in [0.15, 0.2) is 0 Å². The molecule has 0 saturated heterocycles. The van der Waals surface area contributed by atoms with Gasteiger partial charge in [0.15, 0.2) is 0 Å². The molecular weight excluding hydrogens is 120 g/mol. The Kier molecular flexibility index (Phi) is 1.33. The van der Waals surface area contributed by atoms with E-state index in [-0.39, 0.29) is 0 Å². The van der Waals surface area contributed by atoms with E-state index in [0.29, 0.717) is 0 Å². The summed E-state index contributed by atoms with van der Waals surface area (Å²) in [5.74, 6) is 2.35. The lowest BCUT2D eigenvalue weighted by atomic mass is 10.0. The molecule has 10 heavy (non-hydrogen) atoms. The van der Waals surface area contributed by atoms with Gasteiger partial charge < -0.3 is 0 Å². The average molecular weight is 138 g/mol. The molecule has 58 valence electrons. The molecule has 0 aliphatic heterocycles. The first kappa shape index (κ1) is 6.69. The molecule has 2 aliphatic rings. The Hall–Kier alpha value is 0. The van der Waals surface area contributed by atoms with Crippen molar-refractivity contribution in [3.05, 3.63) is 0 Å². The van der Waals surface area contributed by atoms with Gasteiger partial charge in [0.2, 0.25) is 0 Å². The predicted octanol–water partition coefficient (Wildman–Crippen LogP) is 3.22. The third kappa shape index (κ3) is 0.810. The second-order valence-electron chi connectivity index (χ2n) is 4.42. The van der Waals surface area contributed by atoms with Crippen molar-refractivity contribution in [3.63, 3.8) is 0 Å². The van der Waals surface area contributed by atoms with Gasteiger partial charge in [-0.1, -0.05) is 33.1 Å².